The Kier molecular flexibility index (Phi) is 5.78. The molecular formula is C18H21N3O3. The van der Waals surface area contributed by atoms with Crippen molar-refractivity contribution in [2.75, 3.05) is 17.7 Å². The second-order valence-electron chi connectivity index (χ2n) is 5.35. The van der Waals surface area contributed by atoms with Crippen molar-refractivity contribution in [3.05, 3.63) is 54.1 Å². The van der Waals surface area contributed by atoms with Gasteiger partial charge in [0, 0.05) is 18.4 Å². The minimum absolute atomic E-state index is 0.247. The maximum absolute atomic E-state index is 12.2. The first-order valence-electron chi connectivity index (χ1n) is 7.61. The Hall–Kier alpha value is -3.02. The Morgan fingerprint density at radius 2 is 1.62 bits per heavy atom. The Labute approximate surface area is 141 Å². The van der Waals surface area contributed by atoms with Gasteiger partial charge in [-0.25, -0.2) is 4.79 Å². The number of urea groups is 1. The van der Waals surface area contributed by atoms with Gasteiger partial charge in [-0.1, -0.05) is 12.1 Å². The molecule has 1 atom stereocenters. The molecule has 0 aliphatic carbocycles. The van der Waals surface area contributed by atoms with Crippen LogP contribution in [0.2, 0.25) is 0 Å². The molecular weight excluding hydrogens is 306 g/mol. The molecule has 2 aromatic rings. The van der Waals surface area contributed by atoms with Gasteiger partial charge in [-0.05, 0) is 55.8 Å². The van der Waals surface area contributed by atoms with Crippen LogP contribution in [-0.2, 0) is 4.79 Å². The number of rotatable bonds is 5. The van der Waals surface area contributed by atoms with Gasteiger partial charge in [0.25, 0.3) is 5.91 Å². The number of nitrogens with one attached hydrogen (secondary N) is 3. The number of carbonyl (C=O) groups is 2. The monoisotopic (exact) mass is 327 g/mol. The van der Waals surface area contributed by atoms with Crippen molar-refractivity contribution < 1.29 is 14.3 Å². The molecule has 126 valence electrons. The standard InChI is InChI=1S/C18H21N3O3/c1-12-5-4-6-16(11-12)24-13(2)17(22)20-14-7-9-15(10-8-14)21-18(23)19-3/h4-11,13H,1-3H3,(H,20,22)(H2,19,21,23)/t13-/m0/s1. The SMILES string of the molecule is CNC(=O)Nc1ccc(NC(=O)[C@H](C)Oc2cccc(C)c2)cc1. The molecule has 0 saturated heterocycles. The van der Waals surface area contributed by atoms with Crippen molar-refractivity contribution in [3.8, 4) is 5.75 Å². The quantitative estimate of drug-likeness (QED) is 0.789. The molecule has 0 spiro atoms. The summed E-state index contributed by atoms with van der Waals surface area (Å²) < 4.78 is 5.64. The van der Waals surface area contributed by atoms with Crippen LogP contribution in [0, 0.1) is 6.92 Å². The van der Waals surface area contributed by atoms with E-state index >= 15 is 0 Å². The molecule has 0 aliphatic rings. The lowest BCUT2D eigenvalue weighted by Crippen LogP contribution is -2.30. The maximum atomic E-state index is 12.2. The highest BCUT2D eigenvalue weighted by Crippen LogP contribution is 2.16. The largest absolute Gasteiger partial charge is 0.481 e. The summed E-state index contributed by atoms with van der Waals surface area (Å²) in [5, 5.41) is 7.89. The molecule has 0 aromatic heterocycles. The van der Waals surface area contributed by atoms with Crippen molar-refractivity contribution in [1.29, 1.82) is 0 Å². The predicted molar refractivity (Wildman–Crippen MR) is 94.4 cm³/mol. The molecule has 0 heterocycles. The van der Waals surface area contributed by atoms with Crippen LogP contribution in [0.25, 0.3) is 0 Å². The van der Waals surface area contributed by atoms with E-state index in [0.29, 0.717) is 17.1 Å². The first kappa shape index (κ1) is 17.3. The molecule has 0 radical (unpaired) electrons. The number of amides is 3. The highest BCUT2D eigenvalue weighted by atomic mass is 16.5. The molecule has 0 bridgehead atoms. The van der Waals surface area contributed by atoms with E-state index in [2.05, 4.69) is 16.0 Å². The van der Waals surface area contributed by atoms with Crippen LogP contribution >= 0.6 is 0 Å². The summed E-state index contributed by atoms with van der Waals surface area (Å²) >= 11 is 0. The molecule has 6 heteroatoms. The molecule has 6 nitrogen and oxygen atoms in total. The number of anilines is 2. The molecule has 0 aliphatic heterocycles. The molecule has 0 unspecified atom stereocenters. The number of hydrogen-bond acceptors (Lipinski definition) is 3. The Bertz CT molecular complexity index is 714. The van der Waals surface area contributed by atoms with Crippen LogP contribution in [-0.4, -0.2) is 25.1 Å². The van der Waals surface area contributed by atoms with E-state index in [0.717, 1.165) is 5.56 Å². The average Bonchev–Trinajstić information content (AvgIpc) is 2.56. The summed E-state index contributed by atoms with van der Waals surface area (Å²) in [5.74, 6) is 0.409. The van der Waals surface area contributed by atoms with Gasteiger partial charge in [-0.3, -0.25) is 4.79 Å². The van der Waals surface area contributed by atoms with Crippen LogP contribution in [0.1, 0.15) is 12.5 Å². The van der Waals surface area contributed by atoms with Crippen molar-refractivity contribution in [2.45, 2.75) is 20.0 Å². The highest BCUT2D eigenvalue weighted by Gasteiger charge is 2.15. The topological polar surface area (TPSA) is 79.5 Å². The molecule has 3 amide bonds. The normalized spacial score (nSPS) is 11.3. The Morgan fingerprint density at radius 1 is 1.00 bits per heavy atom. The van der Waals surface area contributed by atoms with E-state index in [1.54, 1.807) is 38.2 Å². The molecule has 24 heavy (non-hydrogen) atoms. The fraction of sp³-hybridized carbons (Fsp3) is 0.222. The zero-order valence-corrected chi connectivity index (χ0v) is 13.9. The maximum Gasteiger partial charge on any atom is 0.318 e. The summed E-state index contributed by atoms with van der Waals surface area (Å²) in [7, 11) is 1.54. The van der Waals surface area contributed by atoms with Crippen molar-refractivity contribution in [2.24, 2.45) is 0 Å². The van der Waals surface area contributed by atoms with Gasteiger partial charge in [0.2, 0.25) is 0 Å². The van der Waals surface area contributed by atoms with Crippen molar-refractivity contribution in [1.82, 2.24) is 5.32 Å². The number of benzene rings is 2. The lowest BCUT2D eigenvalue weighted by molar-refractivity contribution is -0.122. The molecule has 3 N–H and O–H groups in total. The summed E-state index contributed by atoms with van der Waals surface area (Å²) in [6.07, 6.45) is -0.629. The Morgan fingerprint density at radius 3 is 2.21 bits per heavy atom. The van der Waals surface area contributed by atoms with E-state index in [4.69, 9.17) is 4.74 Å². The van der Waals surface area contributed by atoms with Crippen LogP contribution in [0.4, 0.5) is 16.2 Å². The number of ether oxygens (including phenoxy) is 1. The molecule has 2 aromatic carbocycles. The lowest BCUT2D eigenvalue weighted by Gasteiger charge is -2.15. The zero-order chi connectivity index (χ0) is 17.5. The first-order chi connectivity index (χ1) is 11.5. The van der Waals surface area contributed by atoms with Gasteiger partial charge in [0.15, 0.2) is 6.10 Å². The smallest absolute Gasteiger partial charge is 0.318 e. The third-order valence-corrected chi connectivity index (χ3v) is 3.31. The van der Waals surface area contributed by atoms with E-state index < -0.39 is 6.10 Å². The molecule has 0 saturated carbocycles. The van der Waals surface area contributed by atoms with Gasteiger partial charge >= 0.3 is 6.03 Å². The third kappa shape index (κ3) is 5.01. The predicted octanol–water partition coefficient (Wildman–Crippen LogP) is 3.15. The van der Waals surface area contributed by atoms with E-state index in [1.165, 1.54) is 0 Å². The van der Waals surface area contributed by atoms with Gasteiger partial charge in [0.1, 0.15) is 5.75 Å². The van der Waals surface area contributed by atoms with E-state index in [-0.39, 0.29) is 11.9 Å². The van der Waals surface area contributed by atoms with E-state index in [1.807, 2.05) is 31.2 Å². The summed E-state index contributed by atoms with van der Waals surface area (Å²) in [6.45, 7) is 3.66. The summed E-state index contributed by atoms with van der Waals surface area (Å²) in [5.41, 5.74) is 2.33. The fourth-order valence-electron chi connectivity index (χ4n) is 2.02. The highest BCUT2D eigenvalue weighted by molar-refractivity contribution is 5.94. The van der Waals surface area contributed by atoms with Gasteiger partial charge in [-0.15, -0.1) is 0 Å². The van der Waals surface area contributed by atoms with Gasteiger partial charge in [0.05, 0.1) is 0 Å². The third-order valence-electron chi connectivity index (χ3n) is 3.31. The second kappa shape index (κ2) is 8.01. The Balaban J connectivity index is 1.92. The van der Waals surface area contributed by atoms with Crippen LogP contribution in [0.5, 0.6) is 5.75 Å². The number of carbonyl (C=O) groups excluding carboxylic acids is 2. The van der Waals surface area contributed by atoms with Crippen LogP contribution in [0.15, 0.2) is 48.5 Å². The van der Waals surface area contributed by atoms with Gasteiger partial charge in [-0.2, -0.15) is 0 Å². The molecule has 2 rings (SSSR count). The molecule has 0 fully saturated rings. The lowest BCUT2D eigenvalue weighted by atomic mass is 10.2. The summed E-state index contributed by atoms with van der Waals surface area (Å²) in [6, 6.07) is 14.1. The fourth-order valence-corrected chi connectivity index (χ4v) is 2.02. The van der Waals surface area contributed by atoms with Crippen molar-refractivity contribution >= 4 is 23.3 Å². The van der Waals surface area contributed by atoms with Crippen molar-refractivity contribution in [3.63, 3.8) is 0 Å². The minimum Gasteiger partial charge on any atom is -0.481 e. The first-order valence-corrected chi connectivity index (χ1v) is 7.61. The van der Waals surface area contributed by atoms with E-state index in [9.17, 15) is 9.59 Å². The van der Waals surface area contributed by atoms with Crippen LogP contribution in [0.3, 0.4) is 0 Å². The summed E-state index contributed by atoms with van der Waals surface area (Å²) in [4.78, 5) is 23.4. The number of hydrogen-bond donors (Lipinski definition) is 3. The van der Waals surface area contributed by atoms with Crippen LogP contribution < -0.4 is 20.7 Å². The number of aryl methyl sites for hydroxylation is 1. The second-order valence-corrected chi connectivity index (χ2v) is 5.35. The minimum atomic E-state index is -0.629. The van der Waals surface area contributed by atoms with Gasteiger partial charge < -0.3 is 20.7 Å². The zero-order valence-electron chi connectivity index (χ0n) is 13.9. The average molecular weight is 327 g/mol.